The van der Waals surface area contributed by atoms with Crippen LogP contribution >= 0.6 is 0 Å². The number of ether oxygens (including phenoxy) is 4. The number of nitrogens with two attached hydrogens (primary N) is 1. The number of esters is 1. The number of carbonyl (C=O) groups is 1. The molecule has 3 aromatic carbocycles. The van der Waals surface area contributed by atoms with Gasteiger partial charge < -0.3 is 40.2 Å². The van der Waals surface area contributed by atoms with Gasteiger partial charge in [-0.15, -0.1) is 0 Å². The summed E-state index contributed by atoms with van der Waals surface area (Å²) >= 11 is 0. The Morgan fingerprint density at radius 2 is 1.96 bits per heavy atom. The van der Waals surface area contributed by atoms with Gasteiger partial charge in [-0.05, 0) is 109 Å². The molecule has 10 heteroatoms. The van der Waals surface area contributed by atoms with Crippen LogP contribution in [0.2, 0.25) is 0 Å². The van der Waals surface area contributed by atoms with Gasteiger partial charge >= 0.3 is 5.97 Å². The molecule has 54 heavy (non-hydrogen) atoms. The lowest BCUT2D eigenvalue weighted by Gasteiger charge is -2.39. The first-order valence-electron chi connectivity index (χ1n) is 18.9. The number of rotatable bonds is 8. The second kappa shape index (κ2) is 14.1. The van der Waals surface area contributed by atoms with Crippen molar-refractivity contribution in [2.75, 3.05) is 39.6 Å². The quantitative estimate of drug-likeness (QED) is 0.0909. The number of hydrogen-bond acceptors (Lipinski definition) is 10. The first-order valence-corrected chi connectivity index (χ1v) is 18.9. The van der Waals surface area contributed by atoms with E-state index in [2.05, 4.69) is 42.3 Å². The molecule has 1 fully saturated rings. The third kappa shape index (κ3) is 6.14. The highest BCUT2D eigenvalue weighted by atomic mass is 16.5. The number of aromatic hydroxyl groups is 2. The SMILES string of the molecule is CCc1cc2c(nc1N)C#CCc1cc(O)c(OCCNC)cc1[C@@H]1Oc3c(ccc4c3[C@]3(CC[C@H](C2)C3)Cc2cc(O)cc(OC)c2-4)[C@@H]1COC(C)=O. The molecule has 4 atom stereocenters. The molecule has 0 amide bonds. The summed E-state index contributed by atoms with van der Waals surface area (Å²) in [6.45, 7) is 4.55. The van der Waals surface area contributed by atoms with Gasteiger partial charge in [0.25, 0.3) is 0 Å². The lowest BCUT2D eigenvalue weighted by molar-refractivity contribution is -0.141. The number of carbonyl (C=O) groups excluding carboxylic acids is 1. The fraction of sp³-hybridized carbons (Fsp3) is 0.409. The minimum atomic E-state index is -0.578. The summed E-state index contributed by atoms with van der Waals surface area (Å²) in [5.74, 6) is 8.75. The minimum Gasteiger partial charge on any atom is -0.508 e. The van der Waals surface area contributed by atoms with E-state index < -0.39 is 6.10 Å². The summed E-state index contributed by atoms with van der Waals surface area (Å²) in [7, 11) is 3.48. The zero-order valence-electron chi connectivity index (χ0n) is 31.3. The minimum absolute atomic E-state index is 0.00701. The van der Waals surface area contributed by atoms with E-state index >= 15 is 0 Å². The lowest BCUT2D eigenvalue weighted by Crippen LogP contribution is -2.31. The van der Waals surface area contributed by atoms with E-state index in [-0.39, 0.29) is 35.4 Å². The Morgan fingerprint density at radius 3 is 2.74 bits per heavy atom. The van der Waals surface area contributed by atoms with Crippen LogP contribution in [0.25, 0.3) is 11.1 Å². The van der Waals surface area contributed by atoms with Crippen molar-refractivity contribution in [1.82, 2.24) is 10.3 Å². The Morgan fingerprint density at radius 1 is 1.11 bits per heavy atom. The Hall–Kier alpha value is -5.40. The van der Waals surface area contributed by atoms with E-state index in [1.54, 1.807) is 19.2 Å². The van der Waals surface area contributed by atoms with Crippen molar-refractivity contribution in [3.05, 3.63) is 87.1 Å². The summed E-state index contributed by atoms with van der Waals surface area (Å²) in [6.07, 6.45) is 4.79. The number of phenolic OH excluding ortho intramolecular Hbond substituents is 2. The highest BCUT2D eigenvalue weighted by Gasteiger charge is 2.51. The van der Waals surface area contributed by atoms with E-state index in [4.69, 9.17) is 29.7 Å². The fourth-order valence-corrected chi connectivity index (χ4v) is 9.43. The monoisotopic (exact) mass is 729 g/mol. The van der Waals surface area contributed by atoms with Crippen LogP contribution in [0.5, 0.6) is 28.7 Å². The fourth-order valence-electron chi connectivity index (χ4n) is 9.43. The molecule has 280 valence electrons. The summed E-state index contributed by atoms with van der Waals surface area (Å²) in [6, 6.07) is 13.5. The Kier molecular flexibility index (Phi) is 9.31. The number of aromatic nitrogens is 1. The third-order valence-corrected chi connectivity index (χ3v) is 11.8. The number of phenols is 2. The van der Waals surface area contributed by atoms with Crippen LogP contribution in [0.15, 0.2) is 42.5 Å². The number of fused-ring (bicyclic) bond motifs is 7. The van der Waals surface area contributed by atoms with Gasteiger partial charge in [0, 0.05) is 53.6 Å². The molecule has 5 N–H and O–H groups in total. The van der Waals surface area contributed by atoms with E-state index in [1.807, 2.05) is 19.2 Å². The molecule has 0 saturated heterocycles. The first kappa shape index (κ1) is 35.6. The molecular weight excluding hydrogens is 682 g/mol. The van der Waals surface area contributed by atoms with E-state index in [0.29, 0.717) is 54.9 Å². The van der Waals surface area contributed by atoms with Crippen LogP contribution in [0.1, 0.15) is 89.8 Å². The standard InChI is InChI=1S/C44H47N3O7/c1-5-26-16-28-15-25-11-12-44(21-25)22-29-17-30(49)19-38(51-4)39(29)32-10-9-31-34(23-53-24(2)48)41(54-42(31)40(32)44)33-20-37(52-14-13-46-3)36(50)18-27(33)7-6-8-35(28)47-43(26)45/h9-10,16-20,25,34,41,46,49-50H,5,7,11-15,21-23H2,1-4H3,(H2,45,47)/t25-,34+,41+,44+/m1/s1. The number of pyridine rings is 1. The second-order valence-corrected chi connectivity index (χ2v) is 15.1. The van der Waals surface area contributed by atoms with Crippen LogP contribution in [0.4, 0.5) is 5.82 Å². The molecule has 3 heterocycles. The van der Waals surface area contributed by atoms with Gasteiger partial charge in [-0.1, -0.05) is 25.0 Å². The normalized spacial score (nSPS) is 21.6. The average molecular weight is 730 g/mol. The molecule has 2 aliphatic carbocycles. The summed E-state index contributed by atoms with van der Waals surface area (Å²) in [5, 5.41) is 25.2. The average Bonchev–Trinajstić information content (AvgIpc) is 3.72. The van der Waals surface area contributed by atoms with Crippen LogP contribution in [0, 0.1) is 17.8 Å². The van der Waals surface area contributed by atoms with Gasteiger partial charge in [0.05, 0.1) is 13.0 Å². The van der Waals surface area contributed by atoms with Crippen molar-refractivity contribution in [2.45, 2.75) is 76.2 Å². The van der Waals surface area contributed by atoms with Gasteiger partial charge in [-0.25, -0.2) is 4.98 Å². The molecule has 4 bridgehead atoms. The highest BCUT2D eigenvalue weighted by molar-refractivity contribution is 5.84. The summed E-state index contributed by atoms with van der Waals surface area (Å²) in [5.41, 5.74) is 15.6. The molecule has 1 spiro atoms. The predicted molar refractivity (Wildman–Crippen MR) is 205 cm³/mol. The van der Waals surface area contributed by atoms with Crippen molar-refractivity contribution < 1.29 is 34.0 Å². The van der Waals surface area contributed by atoms with E-state index in [0.717, 1.165) is 87.9 Å². The predicted octanol–water partition coefficient (Wildman–Crippen LogP) is 6.44. The van der Waals surface area contributed by atoms with Crippen LogP contribution in [-0.2, 0) is 40.6 Å². The molecule has 0 radical (unpaired) electrons. The molecule has 4 aliphatic rings. The van der Waals surface area contributed by atoms with Gasteiger partial charge in [0.15, 0.2) is 11.5 Å². The molecular formula is C44H47N3O7. The maximum absolute atomic E-state index is 12.3. The number of benzene rings is 3. The van der Waals surface area contributed by atoms with E-state index in [1.165, 1.54) is 6.92 Å². The molecule has 0 unspecified atom stereocenters. The summed E-state index contributed by atoms with van der Waals surface area (Å²) < 4.78 is 25.0. The van der Waals surface area contributed by atoms with Crippen LogP contribution in [-0.4, -0.2) is 55.1 Å². The number of methoxy groups -OCH3 is 1. The number of aryl methyl sites for hydroxylation is 1. The Labute approximate surface area is 316 Å². The number of likely N-dealkylation sites (N-methyl/N-ethyl adjacent to an activating group) is 1. The lowest BCUT2D eigenvalue weighted by atomic mass is 9.65. The second-order valence-electron chi connectivity index (χ2n) is 15.1. The van der Waals surface area contributed by atoms with Crippen molar-refractivity contribution >= 4 is 11.8 Å². The molecule has 1 saturated carbocycles. The molecule has 2 aliphatic heterocycles. The number of anilines is 1. The van der Waals surface area contributed by atoms with Crippen molar-refractivity contribution in [3.8, 4) is 51.7 Å². The zero-order valence-corrected chi connectivity index (χ0v) is 31.3. The molecule has 8 rings (SSSR count). The van der Waals surface area contributed by atoms with Crippen molar-refractivity contribution in [2.24, 2.45) is 5.92 Å². The number of hydrogen-bond donors (Lipinski definition) is 4. The number of nitrogens with zero attached hydrogens (tertiary/aromatic N) is 1. The molecule has 4 aromatic rings. The first-order chi connectivity index (χ1) is 26.1. The van der Waals surface area contributed by atoms with Gasteiger partial charge in [-0.3, -0.25) is 4.79 Å². The maximum atomic E-state index is 12.3. The molecule has 1 aromatic heterocycles. The third-order valence-electron chi connectivity index (χ3n) is 11.8. The van der Waals surface area contributed by atoms with Gasteiger partial charge in [0.2, 0.25) is 0 Å². The van der Waals surface area contributed by atoms with Crippen LogP contribution < -0.4 is 25.3 Å². The van der Waals surface area contributed by atoms with E-state index in [9.17, 15) is 15.0 Å². The van der Waals surface area contributed by atoms with Crippen molar-refractivity contribution in [1.29, 1.82) is 0 Å². The largest absolute Gasteiger partial charge is 0.508 e. The highest BCUT2D eigenvalue weighted by Crippen LogP contribution is 2.62. The van der Waals surface area contributed by atoms with Gasteiger partial charge in [-0.2, -0.15) is 0 Å². The Balaban J connectivity index is 1.38. The molecule has 10 nitrogen and oxygen atoms in total. The number of nitrogens with one attached hydrogen (secondary N) is 1. The smallest absolute Gasteiger partial charge is 0.302 e. The Bertz CT molecular complexity index is 2220. The maximum Gasteiger partial charge on any atom is 0.302 e. The topological polar surface area (TPSA) is 145 Å². The zero-order chi connectivity index (χ0) is 37.7. The van der Waals surface area contributed by atoms with Crippen LogP contribution in [0.3, 0.4) is 0 Å². The summed E-state index contributed by atoms with van der Waals surface area (Å²) in [4.78, 5) is 17.2. The number of nitrogen functional groups attached to an aromatic ring is 1. The van der Waals surface area contributed by atoms with Gasteiger partial charge in [0.1, 0.15) is 48.1 Å². The van der Waals surface area contributed by atoms with Crippen molar-refractivity contribution in [3.63, 3.8) is 0 Å².